The number of nitrogens with zero attached hydrogens (tertiary/aromatic N) is 2. The fourth-order valence-electron chi connectivity index (χ4n) is 3.93. The van der Waals surface area contributed by atoms with Gasteiger partial charge in [0, 0.05) is 16.3 Å². The van der Waals surface area contributed by atoms with E-state index in [2.05, 4.69) is 66.8 Å². The molecular formula is C21H15N2OS+. The van der Waals surface area contributed by atoms with Crippen LogP contribution in [0.25, 0.3) is 37.0 Å². The maximum Gasteiger partial charge on any atom is 0.284 e. The highest BCUT2D eigenvalue weighted by atomic mass is 32.1. The molecule has 0 saturated heterocycles. The molecule has 1 aliphatic rings. The molecule has 5 rings (SSSR count). The van der Waals surface area contributed by atoms with Gasteiger partial charge in [-0.1, -0.05) is 24.3 Å². The Morgan fingerprint density at radius 2 is 1.76 bits per heavy atom. The Morgan fingerprint density at radius 3 is 2.48 bits per heavy atom. The maximum atomic E-state index is 7.53. The predicted octanol–water partition coefficient (Wildman–Crippen LogP) is 5.82. The molecule has 1 aliphatic heterocycles. The lowest BCUT2D eigenvalue weighted by atomic mass is 9.90. The van der Waals surface area contributed by atoms with Gasteiger partial charge in [0.25, 0.3) is 5.00 Å². The van der Waals surface area contributed by atoms with Crippen LogP contribution in [0.2, 0.25) is 0 Å². The number of fused-ring (bicyclic) bond motifs is 3. The first-order valence-corrected chi connectivity index (χ1v) is 8.96. The average molecular weight is 343 g/mol. The van der Waals surface area contributed by atoms with E-state index in [1.807, 2.05) is 0 Å². The quantitative estimate of drug-likeness (QED) is 0.256. The SMILES string of the molecule is [C-]#[N+]c1sc2cc[n+](C)c3c2c1Oc1c-3c(C)c2ccccc2c1C. The van der Waals surface area contributed by atoms with Gasteiger partial charge in [-0.25, -0.2) is 9.41 Å². The van der Waals surface area contributed by atoms with Crippen molar-refractivity contribution in [2.75, 3.05) is 0 Å². The minimum atomic E-state index is 0.623. The van der Waals surface area contributed by atoms with Gasteiger partial charge < -0.3 is 4.74 Å². The van der Waals surface area contributed by atoms with Gasteiger partial charge in [0.2, 0.25) is 5.69 Å². The standard InChI is InChI=1S/C21H15N2OS/c1-11-13-7-5-6-8-14(13)12(2)19-16(11)18-17-15(9-10-23(18)4)25-21(22-3)20(17)24-19/h5-10H,1-2,4H3/q+1. The second-order valence-electron chi connectivity index (χ2n) is 6.46. The predicted molar refractivity (Wildman–Crippen MR) is 102 cm³/mol. The van der Waals surface area contributed by atoms with Crippen molar-refractivity contribution in [3.05, 3.63) is 59.1 Å². The van der Waals surface area contributed by atoms with Gasteiger partial charge in [0.05, 0.1) is 17.5 Å². The Kier molecular flexibility index (Phi) is 2.78. The number of hydrogen-bond acceptors (Lipinski definition) is 2. The second-order valence-corrected chi connectivity index (χ2v) is 7.50. The third-order valence-corrected chi connectivity index (χ3v) is 6.16. The maximum absolute atomic E-state index is 7.53. The summed E-state index contributed by atoms with van der Waals surface area (Å²) in [5.41, 5.74) is 4.64. The van der Waals surface area contributed by atoms with Crippen molar-refractivity contribution in [3.8, 4) is 22.8 Å². The van der Waals surface area contributed by atoms with E-state index >= 15 is 0 Å². The molecule has 3 heterocycles. The first-order chi connectivity index (χ1) is 12.1. The van der Waals surface area contributed by atoms with E-state index in [4.69, 9.17) is 11.3 Å². The van der Waals surface area contributed by atoms with Gasteiger partial charge >= 0.3 is 0 Å². The Bertz CT molecular complexity index is 1260. The van der Waals surface area contributed by atoms with Gasteiger partial charge in [-0.2, -0.15) is 0 Å². The molecule has 2 aromatic carbocycles. The normalized spacial score (nSPS) is 12.1. The molecule has 0 N–H and O–H groups in total. The number of hydrogen-bond donors (Lipinski definition) is 0. The van der Waals surface area contributed by atoms with Gasteiger partial charge in [-0.05, 0) is 30.2 Å². The zero-order valence-corrected chi connectivity index (χ0v) is 15.0. The van der Waals surface area contributed by atoms with E-state index in [0.717, 1.165) is 32.7 Å². The topological polar surface area (TPSA) is 17.5 Å². The summed E-state index contributed by atoms with van der Waals surface area (Å²) in [7, 11) is 2.06. The summed E-state index contributed by atoms with van der Waals surface area (Å²) in [5, 5.41) is 4.14. The van der Waals surface area contributed by atoms with Crippen molar-refractivity contribution in [3.63, 3.8) is 0 Å². The van der Waals surface area contributed by atoms with Crippen LogP contribution in [-0.2, 0) is 7.05 Å². The van der Waals surface area contributed by atoms with Crippen LogP contribution in [0, 0.1) is 20.4 Å². The minimum Gasteiger partial charge on any atom is -0.465 e. The molecule has 0 amide bonds. The smallest absolute Gasteiger partial charge is 0.284 e. The van der Waals surface area contributed by atoms with E-state index in [-0.39, 0.29) is 0 Å². The number of rotatable bonds is 0. The monoisotopic (exact) mass is 343 g/mol. The number of pyridine rings is 1. The van der Waals surface area contributed by atoms with Crippen molar-refractivity contribution in [2.24, 2.45) is 7.05 Å². The highest BCUT2D eigenvalue weighted by molar-refractivity contribution is 7.23. The molecular weight excluding hydrogens is 328 g/mol. The van der Waals surface area contributed by atoms with Crippen LogP contribution in [0.5, 0.6) is 11.5 Å². The molecule has 2 aromatic heterocycles. The number of thiophene rings is 1. The number of aromatic nitrogens is 1. The molecule has 25 heavy (non-hydrogen) atoms. The fraction of sp³-hybridized carbons (Fsp3) is 0.143. The highest BCUT2D eigenvalue weighted by Gasteiger charge is 2.34. The highest BCUT2D eigenvalue weighted by Crippen LogP contribution is 2.56. The number of benzene rings is 2. The van der Waals surface area contributed by atoms with Crippen LogP contribution >= 0.6 is 11.3 Å². The number of aryl methyl sites for hydroxylation is 3. The Morgan fingerprint density at radius 1 is 1.04 bits per heavy atom. The lowest BCUT2D eigenvalue weighted by Crippen LogP contribution is -2.31. The van der Waals surface area contributed by atoms with Gasteiger partial charge in [-0.15, -0.1) is 11.3 Å². The van der Waals surface area contributed by atoms with Crippen molar-refractivity contribution >= 4 is 37.2 Å². The van der Waals surface area contributed by atoms with E-state index < -0.39 is 0 Å². The minimum absolute atomic E-state index is 0.623. The van der Waals surface area contributed by atoms with E-state index in [1.54, 1.807) is 0 Å². The van der Waals surface area contributed by atoms with Crippen molar-refractivity contribution in [1.29, 1.82) is 0 Å². The van der Waals surface area contributed by atoms with E-state index in [0.29, 0.717) is 10.8 Å². The Labute approximate surface area is 149 Å². The molecule has 0 bridgehead atoms. The largest absolute Gasteiger partial charge is 0.465 e. The molecule has 0 fully saturated rings. The molecule has 4 aromatic rings. The molecule has 0 atom stereocenters. The Balaban J connectivity index is 2.05. The molecule has 0 aliphatic carbocycles. The number of ether oxygens (including phenoxy) is 1. The molecule has 0 saturated carbocycles. The van der Waals surface area contributed by atoms with Crippen molar-refractivity contribution in [1.82, 2.24) is 0 Å². The van der Waals surface area contributed by atoms with Crippen LogP contribution in [0.1, 0.15) is 11.1 Å². The third kappa shape index (κ3) is 1.71. The second kappa shape index (κ2) is 4.81. The molecule has 0 unspecified atom stereocenters. The zero-order valence-electron chi connectivity index (χ0n) is 14.2. The first kappa shape index (κ1) is 14.4. The van der Waals surface area contributed by atoms with E-state index in [1.165, 1.54) is 27.7 Å². The van der Waals surface area contributed by atoms with Crippen LogP contribution in [0.4, 0.5) is 5.00 Å². The first-order valence-electron chi connectivity index (χ1n) is 8.14. The lowest BCUT2D eigenvalue weighted by molar-refractivity contribution is -0.659. The third-order valence-electron chi connectivity index (χ3n) is 5.13. The average Bonchev–Trinajstić information content (AvgIpc) is 3.00. The summed E-state index contributed by atoms with van der Waals surface area (Å²) in [6.07, 6.45) is 2.07. The fourth-order valence-corrected chi connectivity index (χ4v) is 4.84. The van der Waals surface area contributed by atoms with Gasteiger partial charge in [0.1, 0.15) is 12.8 Å². The molecule has 4 heteroatoms. The summed E-state index contributed by atoms with van der Waals surface area (Å²) >= 11 is 1.51. The van der Waals surface area contributed by atoms with Crippen LogP contribution in [0.3, 0.4) is 0 Å². The van der Waals surface area contributed by atoms with Gasteiger partial charge in [-0.3, -0.25) is 0 Å². The molecule has 0 radical (unpaired) electrons. The van der Waals surface area contributed by atoms with Crippen LogP contribution in [-0.4, -0.2) is 0 Å². The van der Waals surface area contributed by atoms with Crippen LogP contribution < -0.4 is 9.30 Å². The summed E-state index contributed by atoms with van der Waals surface area (Å²) < 4.78 is 9.62. The summed E-state index contributed by atoms with van der Waals surface area (Å²) in [4.78, 5) is 3.70. The Hall–Kier alpha value is -2.90. The summed E-state index contributed by atoms with van der Waals surface area (Å²) in [5.74, 6) is 1.60. The summed E-state index contributed by atoms with van der Waals surface area (Å²) in [6.45, 7) is 11.8. The summed E-state index contributed by atoms with van der Waals surface area (Å²) in [6, 6.07) is 10.5. The molecule has 3 nitrogen and oxygen atoms in total. The van der Waals surface area contributed by atoms with Gasteiger partial charge in [0.15, 0.2) is 11.9 Å². The molecule has 0 spiro atoms. The molecule has 120 valence electrons. The van der Waals surface area contributed by atoms with E-state index in [9.17, 15) is 0 Å². The van der Waals surface area contributed by atoms with Crippen LogP contribution in [0.15, 0.2) is 36.5 Å². The zero-order chi connectivity index (χ0) is 17.3. The van der Waals surface area contributed by atoms with Crippen molar-refractivity contribution in [2.45, 2.75) is 13.8 Å². The lowest BCUT2D eigenvalue weighted by Gasteiger charge is -2.22. The van der Waals surface area contributed by atoms with Crippen molar-refractivity contribution < 1.29 is 9.30 Å².